The lowest BCUT2D eigenvalue weighted by atomic mass is 9.98. The molecule has 0 N–H and O–H groups in total. The molecule has 0 fully saturated rings. The minimum atomic E-state index is -1.14. The van der Waals surface area contributed by atoms with E-state index in [0.717, 1.165) is 23.6 Å². The van der Waals surface area contributed by atoms with Crippen molar-refractivity contribution in [2.75, 3.05) is 0 Å². The first-order valence-electron chi connectivity index (χ1n) is 10.0. The molecule has 4 heteroatoms. The van der Waals surface area contributed by atoms with Gasteiger partial charge in [0, 0.05) is 10.8 Å². The third kappa shape index (κ3) is 3.80. The van der Waals surface area contributed by atoms with Gasteiger partial charge in [0.25, 0.3) is 0 Å². The summed E-state index contributed by atoms with van der Waals surface area (Å²) in [5, 5.41) is 1.28. The van der Waals surface area contributed by atoms with Gasteiger partial charge in [-0.2, -0.15) is 4.39 Å². The van der Waals surface area contributed by atoms with Crippen molar-refractivity contribution in [2.45, 2.75) is 39.0 Å². The van der Waals surface area contributed by atoms with Gasteiger partial charge in [-0.15, -0.1) is 0 Å². The van der Waals surface area contributed by atoms with Crippen LogP contribution in [0, 0.1) is 11.6 Å². The average molecular weight is 392 g/mol. The first-order chi connectivity index (χ1) is 14.1. The molecule has 0 atom stereocenters. The van der Waals surface area contributed by atoms with E-state index in [2.05, 4.69) is 19.1 Å². The quantitative estimate of drug-likeness (QED) is 0.201. The second-order valence-corrected chi connectivity index (χ2v) is 7.40. The molecule has 29 heavy (non-hydrogen) atoms. The van der Waals surface area contributed by atoms with E-state index in [1.807, 2.05) is 18.2 Å². The first-order valence-corrected chi connectivity index (χ1v) is 10.0. The van der Waals surface area contributed by atoms with E-state index in [1.54, 1.807) is 12.1 Å². The van der Waals surface area contributed by atoms with Gasteiger partial charge >= 0.3 is 5.63 Å². The number of unbranched alkanes of at least 4 members (excludes halogenated alkanes) is 3. The third-order valence-electron chi connectivity index (χ3n) is 5.38. The topological polar surface area (TPSA) is 30.2 Å². The lowest BCUT2D eigenvalue weighted by Crippen LogP contribution is -2.02. The summed E-state index contributed by atoms with van der Waals surface area (Å²) < 4.78 is 32.6. The van der Waals surface area contributed by atoms with Gasteiger partial charge in [-0.1, -0.05) is 62.6 Å². The minimum absolute atomic E-state index is 0.345. The number of benzene rings is 3. The zero-order chi connectivity index (χ0) is 20.4. The molecule has 0 aliphatic heterocycles. The molecular formula is C25H22F2O2. The predicted octanol–water partition coefficient (Wildman–Crippen LogP) is 7.01. The molecule has 0 saturated heterocycles. The highest BCUT2D eigenvalue weighted by molar-refractivity contribution is 6.05. The largest absolute Gasteiger partial charge is 0.419 e. The van der Waals surface area contributed by atoms with Gasteiger partial charge in [0.15, 0.2) is 11.4 Å². The molecule has 4 aromatic rings. The number of hydrogen-bond donors (Lipinski definition) is 0. The van der Waals surface area contributed by atoms with E-state index in [-0.39, 0.29) is 5.58 Å². The number of aryl methyl sites for hydroxylation is 1. The Morgan fingerprint density at radius 1 is 0.793 bits per heavy atom. The smallest absolute Gasteiger partial charge is 0.344 e. The van der Waals surface area contributed by atoms with E-state index in [4.69, 9.17) is 4.42 Å². The van der Waals surface area contributed by atoms with Crippen LogP contribution in [0.2, 0.25) is 0 Å². The van der Waals surface area contributed by atoms with Gasteiger partial charge in [-0.05, 0) is 47.7 Å². The maximum Gasteiger partial charge on any atom is 0.344 e. The Bertz CT molecular complexity index is 1220. The number of fused-ring (bicyclic) bond motifs is 3. The maximum atomic E-state index is 14.0. The van der Waals surface area contributed by atoms with Crippen molar-refractivity contribution >= 4 is 21.7 Å². The molecular weight excluding hydrogens is 370 g/mol. The Balaban J connectivity index is 1.69. The van der Waals surface area contributed by atoms with E-state index in [0.29, 0.717) is 16.2 Å². The Hall–Kier alpha value is -3.01. The molecule has 0 saturated carbocycles. The van der Waals surface area contributed by atoms with Crippen molar-refractivity contribution in [3.8, 4) is 11.1 Å². The molecule has 0 radical (unpaired) electrons. The van der Waals surface area contributed by atoms with Crippen LogP contribution in [0.1, 0.15) is 38.2 Å². The van der Waals surface area contributed by atoms with Gasteiger partial charge in [-0.3, -0.25) is 0 Å². The molecule has 1 aromatic heterocycles. The fourth-order valence-corrected chi connectivity index (χ4v) is 3.74. The summed E-state index contributed by atoms with van der Waals surface area (Å²) in [5.41, 5.74) is 2.15. The molecule has 0 spiro atoms. The fourth-order valence-electron chi connectivity index (χ4n) is 3.74. The van der Waals surface area contributed by atoms with Crippen LogP contribution >= 0.6 is 0 Å². The van der Waals surface area contributed by atoms with Crippen molar-refractivity contribution in [1.82, 2.24) is 0 Å². The van der Waals surface area contributed by atoms with Crippen LogP contribution in [0.4, 0.5) is 8.78 Å². The summed E-state index contributed by atoms with van der Waals surface area (Å²) in [7, 11) is 0. The molecule has 0 aliphatic carbocycles. The van der Waals surface area contributed by atoms with Crippen LogP contribution in [0.15, 0.2) is 63.8 Å². The highest BCUT2D eigenvalue weighted by Crippen LogP contribution is 2.29. The van der Waals surface area contributed by atoms with Gasteiger partial charge in [0.05, 0.1) is 5.39 Å². The van der Waals surface area contributed by atoms with Crippen LogP contribution < -0.4 is 5.63 Å². The maximum absolute atomic E-state index is 14.0. The zero-order valence-electron chi connectivity index (χ0n) is 16.3. The Morgan fingerprint density at radius 2 is 1.52 bits per heavy atom. The van der Waals surface area contributed by atoms with Crippen molar-refractivity contribution in [3.05, 3.63) is 82.2 Å². The van der Waals surface area contributed by atoms with Crippen molar-refractivity contribution in [2.24, 2.45) is 0 Å². The highest BCUT2D eigenvalue weighted by atomic mass is 19.2. The van der Waals surface area contributed by atoms with Crippen LogP contribution in [0.5, 0.6) is 0 Å². The lowest BCUT2D eigenvalue weighted by molar-refractivity contribution is 0.480. The van der Waals surface area contributed by atoms with Gasteiger partial charge in [-0.25, -0.2) is 9.18 Å². The molecule has 148 valence electrons. The normalized spacial score (nSPS) is 11.4. The number of halogens is 2. The zero-order valence-corrected chi connectivity index (χ0v) is 16.3. The summed E-state index contributed by atoms with van der Waals surface area (Å²) in [6.07, 6.45) is 6.00. The molecule has 0 bridgehead atoms. The summed E-state index contributed by atoms with van der Waals surface area (Å²) >= 11 is 0. The third-order valence-corrected chi connectivity index (χ3v) is 5.38. The second kappa shape index (κ2) is 8.16. The van der Waals surface area contributed by atoms with E-state index < -0.39 is 17.3 Å². The van der Waals surface area contributed by atoms with E-state index in [1.165, 1.54) is 37.3 Å². The standard InChI is InChI=1S/C25H22F2O2/c1-2-3-4-5-6-16-7-9-17(10-8-16)18-11-12-19-20-13-14-22(26)23(27)24(20)29-25(28)21(19)15-18/h7-15H,2-6H2,1H3. The van der Waals surface area contributed by atoms with Gasteiger partial charge < -0.3 is 4.42 Å². The van der Waals surface area contributed by atoms with Gasteiger partial charge in [0.1, 0.15) is 0 Å². The van der Waals surface area contributed by atoms with Crippen LogP contribution in [-0.4, -0.2) is 0 Å². The monoisotopic (exact) mass is 392 g/mol. The summed E-state index contributed by atoms with van der Waals surface area (Å²) in [6, 6.07) is 16.2. The Morgan fingerprint density at radius 3 is 2.28 bits per heavy atom. The van der Waals surface area contributed by atoms with Crippen molar-refractivity contribution in [1.29, 1.82) is 0 Å². The fraction of sp³-hybridized carbons (Fsp3) is 0.240. The molecule has 1 heterocycles. The van der Waals surface area contributed by atoms with Crippen LogP contribution in [-0.2, 0) is 6.42 Å². The summed E-state index contributed by atoms with van der Waals surface area (Å²) in [6.45, 7) is 2.20. The van der Waals surface area contributed by atoms with Crippen LogP contribution in [0.3, 0.4) is 0 Å². The summed E-state index contributed by atoms with van der Waals surface area (Å²) in [4.78, 5) is 12.4. The second-order valence-electron chi connectivity index (χ2n) is 7.40. The Labute approximate surface area is 167 Å². The van der Waals surface area contributed by atoms with Crippen molar-refractivity contribution < 1.29 is 13.2 Å². The molecule has 3 aromatic carbocycles. The van der Waals surface area contributed by atoms with E-state index >= 15 is 0 Å². The molecule has 0 unspecified atom stereocenters. The predicted molar refractivity (Wildman–Crippen MR) is 113 cm³/mol. The van der Waals surface area contributed by atoms with Gasteiger partial charge in [0.2, 0.25) is 5.82 Å². The molecule has 2 nitrogen and oxygen atoms in total. The Kier molecular flexibility index (Phi) is 5.43. The number of hydrogen-bond acceptors (Lipinski definition) is 2. The first kappa shape index (κ1) is 19.3. The average Bonchev–Trinajstić information content (AvgIpc) is 2.75. The molecule has 0 amide bonds. The molecule has 4 rings (SSSR count). The van der Waals surface area contributed by atoms with Crippen molar-refractivity contribution in [3.63, 3.8) is 0 Å². The summed E-state index contributed by atoms with van der Waals surface area (Å²) in [5.74, 6) is -2.17. The van der Waals surface area contributed by atoms with Crippen LogP contribution in [0.25, 0.3) is 32.9 Å². The highest BCUT2D eigenvalue weighted by Gasteiger charge is 2.15. The minimum Gasteiger partial charge on any atom is -0.419 e. The molecule has 0 aliphatic rings. The number of rotatable bonds is 6. The van der Waals surface area contributed by atoms with E-state index in [9.17, 15) is 13.6 Å². The lowest BCUT2D eigenvalue weighted by Gasteiger charge is -2.08. The SMILES string of the molecule is CCCCCCc1ccc(-c2ccc3c(c2)c(=O)oc2c(F)c(F)ccc23)cc1.